The SMILES string of the molecule is C[C@@H]1CC2=CC(=O)C=C[C@]2(C)[C@H]2CC[C@]3(C)[C@@H](O)C(Cl)=CC[C@H]3[C@H]12. The van der Waals surface area contributed by atoms with Crippen LogP contribution in [-0.4, -0.2) is 17.0 Å². The maximum Gasteiger partial charge on any atom is 0.178 e. The Hall–Kier alpha value is -0.860. The minimum Gasteiger partial charge on any atom is -0.387 e. The van der Waals surface area contributed by atoms with Crippen LogP contribution in [0.4, 0.5) is 0 Å². The van der Waals surface area contributed by atoms with Crippen LogP contribution in [0.5, 0.6) is 0 Å². The number of carbonyl (C=O) groups excluding carboxylic acids is 1. The third kappa shape index (κ3) is 2.08. The number of aliphatic hydroxyl groups excluding tert-OH is 1. The first-order valence-electron chi connectivity index (χ1n) is 9.25. The lowest BCUT2D eigenvalue weighted by Gasteiger charge is -2.61. The molecule has 0 bridgehead atoms. The van der Waals surface area contributed by atoms with Crippen molar-refractivity contribution in [3.05, 3.63) is 34.9 Å². The van der Waals surface area contributed by atoms with Crippen molar-refractivity contribution < 1.29 is 9.90 Å². The summed E-state index contributed by atoms with van der Waals surface area (Å²) in [5, 5.41) is 11.4. The molecule has 7 atom stereocenters. The minimum atomic E-state index is -0.528. The highest BCUT2D eigenvalue weighted by molar-refractivity contribution is 6.30. The van der Waals surface area contributed by atoms with Crippen molar-refractivity contribution in [1.29, 1.82) is 0 Å². The lowest BCUT2D eigenvalue weighted by atomic mass is 9.44. The Balaban J connectivity index is 1.76. The Kier molecular flexibility index (Phi) is 3.68. The molecule has 0 radical (unpaired) electrons. The second-order valence-corrected chi connectivity index (χ2v) is 9.37. The van der Waals surface area contributed by atoms with Gasteiger partial charge >= 0.3 is 0 Å². The van der Waals surface area contributed by atoms with Crippen molar-refractivity contribution in [3.63, 3.8) is 0 Å². The molecular weight excluding hydrogens is 320 g/mol. The highest BCUT2D eigenvalue weighted by atomic mass is 35.5. The van der Waals surface area contributed by atoms with Crippen LogP contribution in [-0.2, 0) is 4.79 Å². The molecular formula is C21H27ClO2. The summed E-state index contributed by atoms with van der Waals surface area (Å²) in [5.74, 6) is 2.26. The number of ketones is 1. The lowest BCUT2D eigenvalue weighted by molar-refractivity contribution is -0.113. The molecule has 4 aliphatic carbocycles. The molecule has 3 heteroatoms. The van der Waals surface area contributed by atoms with Gasteiger partial charge in [-0.15, -0.1) is 0 Å². The molecule has 130 valence electrons. The predicted octanol–water partition coefficient (Wildman–Crippen LogP) is 4.63. The summed E-state index contributed by atoms with van der Waals surface area (Å²) in [7, 11) is 0. The van der Waals surface area contributed by atoms with Crippen LogP contribution in [0.15, 0.2) is 34.9 Å². The summed E-state index contributed by atoms with van der Waals surface area (Å²) in [5.41, 5.74) is 1.20. The molecule has 24 heavy (non-hydrogen) atoms. The first-order chi connectivity index (χ1) is 11.3. The molecule has 0 unspecified atom stereocenters. The van der Waals surface area contributed by atoms with E-state index in [1.165, 1.54) is 5.57 Å². The maximum absolute atomic E-state index is 11.9. The Morgan fingerprint density at radius 2 is 2.04 bits per heavy atom. The van der Waals surface area contributed by atoms with Crippen LogP contribution in [0.1, 0.15) is 46.5 Å². The van der Waals surface area contributed by atoms with Gasteiger partial charge in [0.1, 0.15) is 0 Å². The molecule has 0 heterocycles. The first-order valence-corrected chi connectivity index (χ1v) is 9.63. The zero-order chi connectivity index (χ0) is 17.3. The molecule has 0 amide bonds. The van der Waals surface area contributed by atoms with Crippen LogP contribution in [0.3, 0.4) is 0 Å². The van der Waals surface area contributed by atoms with E-state index in [0.29, 0.717) is 28.7 Å². The van der Waals surface area contributed by atoms with Crippen LogP contribution < -0.4 is 0 Å². The number of rotatable bonds is 0. The number of hydrogen-bond acceptors (Lipinski definition) is 2. The van der Waals surface area contributed by atoms with Gasteiger partial charge < -0.3 is 5.11 Å². The van der Waals surface area contributed by atoms with E-state index in [0.717, 1.165) is 25.7 Å². The number of carbonyl (C=O) groups is 1. The molecule has 4 aliphatic rings. The van der Waals surface area contributed by atoms with E-state index >= 15 is 0 Å². The van der Waals surface area contributed by atoms with Gasteiger partial charge in [-0.1, -0.05) is 50.1 Å². The minimum absolute atomic E-state index is 0.00231. The normalized spacial score (nSPS) is 50.4. The molecule has 0 aliphatic heterocycles. The third-order valence-corrected chi connectivity index (χ3v) is 8.16. The molecule has 2 nitrogen and oxygen atoms in total. The topological polar surface area (TPSA) is 37.3 Å². The molecule has 1 N–H and O–H groups in total. The molecule has 0 aromatic rings. The highest BCUT2D eigenvalue weighted by Crippen LogP contribution is 2.64. The van der Waals surface area contributed by atoms with E-state index in [9.17, 15) is 9.90 Å². The summed E-state index contributed by atoms with van der Waals surface area (Å²) in [4.78, 5) is 11.9. The Morgan fingerprint density at radius 1 is 1.29 bits per heavy atom. The number of hydrogen-bond donors (Lipinski definition) is 1. The zero-order valence-electron chi connectivity index (χ0n) is 14.8. The quantitative estimate of drug-likeness (QED) is 0.694. The molecule has 0 aromatic carbocycles. The van der Waals surface area contributed by atoms with Gasteiger partial charge in [0.2, 0.25) is 0 Å². The maximum atomic E-state index is 11.9. The van der Waals surface area contributed by atoms with E-state index < -0.39 is 6.10 Å². The largest absolute Gasteiger partial charge is 0.387 e. The van der Waals surface area contributed by atoms with E-state index in [1.807, 2.05) is 12.2 Å². The molecule has 4 rings (SSSR count). The van der Waals surface area contributed by atoms with Crippen LogP contribution in [0.2, 0.25) is 0 Å². The Bertz CT molecular complexity index is 675. The summed E-state index contributed by atoms with van der Waals surface area (Å²) >= 11 is 6.30. The van der Waals surface area contributed by atoms with Crippen LogP contribution in [0.25, 0.3) is 0 Å². The molecule has 0 aromatic heterocycles. The van der Waals surface area contributed by atoms with Gasteiger partial charge in [-0.25, -0.2) is 0 Å². The van der Waals surface area contributed by atoms with Crippen molar-refractivity contribution in [2.24, 2.45) is 34.5 Å². The fourth-order valence-electron chi connectivity index (χ4n) is 6.35. The fourth-order valence-corrected chi connectivity index (χ4v) is 6.69. The lowest BCUT2D eigenvalue weighted by Crippen LogP contribution is -2.56. The van der Waals surface area contributed by atoms with E-state index in [1.54, 1.807) is 6.08 Å². The van der Waals surface area contributed by atoms with Crippen LogP contribution >= 0.6 is 11.6 Å². The average Bonchev–Trinajstić information content (AvgIpc) is 2.53. The summed E-state index contributed by atoms with van der Waals surface area (Å²) in [6, 6.07) is 0. The second kappa shape index (κ2) is 5.32. The third-order valence-electron chi connectivity index (χ3n) is 7.79. The van der Waals surface area contributed by atoms with Gasteiger partial charge in [0.05, 0.1) is 6.10 Å². The molecule has 2 fully saturated rings. The van der Waals surface area contributed by atoms with E-state index in [2.05, 4.69) is 26.8 Å². The van der Waals surface area contributed by atoms with Gasteiger partial charge in [0.15, 0.2) is 5.78 Å². The standard InChI is InChI=1S/C21H27ClO2/c1-12-10-13-11-14(23)6-8-20(13,2)16-7-9-21(3)15(18(12)16)4-5-17(22)19(21)24/h5-6,8,11-12,15-16,18-19,24H,4,7,9-10H2,1-3H3/t12-,15+,16+,18+,19+,20+,21+/m1/s1. The van der Waals surface area contributed by atoms with Crippen molar-refractivity contribution in [2.45, 2.75) is 52.6 Å². The number of halogens is 1. The predicted molar refractivity (Wildman–Crippen MR) is 96.5 cm³/mol. The molecule has 2 saturated carbocycles. The van der Waals surface area contributed by atoms with Gasteiger partial charge in [-0.3, -0.25) is 4.79 Å². The first kappa shape index (κ1) is 16.6. The summed E-state index contributed by atoms with van der Waals surface area (Å²) < 4.78 is 0. The Labute approximate surface area is 149 Å². The second-order valence-electron chi connectivity index (χ2n) is 8.93. The molecule has 0 spiro atoms. The highest BCUT2D eigenvalue weighted by Gasteiger charge is 2.58. The number of fused-ring (bicyclic) bond motifs is 5. The van der Waals surface area contributed by atoms with E-state index in [-0.39, 0.29) is 16.6 Å². The van der Waals surface area contributed by atoms with Crippen molar-refractivity contribution in [3.8, 4) is 0 Å². The smallest absolute Gasteiger partial charge is 0.178 e. The van der Waals surface area contributed by atoms with Gasteiger partial charge in [-0.05, 0) is 61.5 Å². The number of aliphatic hydroxyl groups is 1. The van der Waals surface area contributed by atoms with Gasteiger partial charge in [0, 0.05) is 15.9 Å². The Morgan fingerprint density at radius 3 is 2.79 bits per heavy atom. The molecule has 0 saturated heterocycles. The van der Waals surface area contributed by atoms with Gasteiger partial charge in [-0.2, -0.15) is 0 Å². The number of allylic oxidation sites excluding steroid dienone is 5. The zero-order valence-corrected chi connectivity index (χ0v) is 15.5. The van der Waals surface area contributed by atoms with Crippen LogP contribution in [0, 0.1) is 34.5 Å². The van der Waals surface area contributed by atoms with Crippen molar-refractivity contribution >= 4 is 17.4 Å². The van der Waals surface area contributed by atoms with Gasteiger partial charge in [0.25, 0.3) is 0 Å². The monoisotopic (exact) mass is 346 g/mol. The average molecular weight is 347 g/mol. The van der Waals surface area contributed by atoms with E-state index in [4.69, 9.17) is 11.6 Å². The summed E-state index contributed by atoms with van der Waals surface area (Å²) in [6.07, 6.45) is 11.4. The summed E-state index contributed by atoms with van der Waals surface area (Å²) in [6.45, 7) is 6.88. The van der Waals surface area contributed by atoms with Crippen molar-refractivity contribution in [2.75, 3.05) is 0 Å². The van der Waals surface area contributed by atoms with Crippen molar-refractivity contribution in [1.82, 2.24) is 0 Å². The fraction of sp³-hybridized carbons (Fsp3) is 0.667.